The molecule has 2 N–H and O–H groups in total. The van der Waals surface area contributed by atoms with Crippen LogP contribution in [0.1, 0.15) is 11.5 Å². The van der Waals surface area contributed by atoms with Gasteiger partial charge in [0, 0.05) is 12.2 Å². The predicted molar refractivity (Wildman–Crippen MR) is 54.8 cm³/mol. The molecule has 0 fully saturated rings. The summed E-state index contributed by atoms with van der Waals surface area (Å²) in [5.41, 5.74) is 0.420. The van der Waals surface area contributed by atoms with E-state index in [2.05, 4.69) is 35.8 Å². The standard InChI is InChI=1S/C7H9N7OS/c1-4-6(15)8-7(12-9-4)16-3-2-5-10-13-14-11-5/h2-3H2,1H3,(H,8,12,15)(H,10,11,13,14). The van der Waals surface area contributed by atoms with E-state index in [-0.39, 0.29) is 5.88 Å². The summed E-state index contributed by atoms with van der Waals surface area (Å²) in [7, 11) is 0. The highest BCUT2D eigenvalue weighted by Gasteiger charge is 2.05. The lowest BCUT2D eigenvalue weighted by Crippen LogP contribution is -1.97. The zero-order chi connectivity index (χ0) is 11.4. The van der Waals surface area contributed by atoms with Crippen LogP contribution in [0.5, 0.6) is 5.88 Å². The summed E-state index contributed by atoms with van der Waals surface area (Å²) in [6, 6.07) is 0. The minimum Gasteiger partial charge on any atom is -0.492 e. The maximum absolute atomic E-state index is 9.32. The van der Waals surface area contributed by atoms with Gasteiger partial charge in [0.15, 0.2) is 0 Å². The third-order valence-corrected chi connectivity index (χ3v) is 2.61. The zero-order valence-corrected chi connectivity index (χ0v) is 9.27. The molecule has 16 heavy (non-hydrogen) atoms. The molecule has 0 bridgehead atoms. The molecule has 2 rings (SSSR count). The third-order valence-electron chi connectivity index (χ3n) is 1.77. The lowest BCUT2D eigenvalue weighted by Gasteiger charge is -1.99. The molecule has 0 aromatic carbocycles. The van der Waals surface area contributed by atoms with E-state index < -0.39 is 0 Å². The molecule has 0 aliphatic heterocycles. The first kappa shape index (κ1) is 10.7. The lowest BCUT2D eigenvalue weighted by molar-refractivity contribution is 0.432. The van der Waals surface area contributed by atoms with E-state index in [1.807, 2.05) is 0 Å². The van der Waals surface area contributed by atoms with Crippen molar-refractivity contribution in [3.05, 3.63) is 11.5 Å². The molecule has 8 nitrogen and oxygen atoms in total. The van der Waals surface area contributed by atoms with Crippen LogP contribution in [0.4, 0.5) is 0 Å². The van der Waals surface area contributed by atoms with Gasteiger partial charge in [-0.15, -0.1) is 15.3 Å². The van der Waals surface area contributed by atoms with Crippen LogP contribution < -0.4 is 0 Å². The van der Waals surface area contributed by atoms with Crippen molar-refractivity contribution in [1.82, 2.24) is 35.8 Å². The molecule has 84 valence electrons. The number of hydrogen-bond acceptors (Lipinski definition) is 8. The molecule has 2 aromatic rings. The molecule has 2 aromatic heterocycles. The largest absolute Gasteiger partial charge is 0.492 e. The molecule has 2 heterocycles. The van der Waals surface area contributed by atoms with Crippen LogP contribution in [-0.4, -0.2) is 46.7 Å². The van der Waals surface area contributed by atoms with Gasteiger partial charge in [0.25, 0.3) is 0 Å². The maximum Gasteiger partial charge on any atom is 0.237 e. The van der Waals surface area contributed by atoms with Crippen molar-refractivity contribution < 1.29 is 5.11 Å². The summed E-state index contributed by atoms with van der Waals surface area (Å²) >= 11 is 1.38. The second-order valence-corrected chi connectivity index (χ2v) is 4.01. The van der Waals surface area contributed by atoms with Crippen molar-refractivity contribution in [3.8, 4) is 5.88 Å². The van der Waals surface area contributed by atoms with Crippen LogP contribution in [0.3, 0.4) is 0 Å². The van der Waals surface area contributed by atoms with Crippen LogP contribution in [0, 0.1) is 6.92 Å². The summed E-state index contributed by atoms with van der Waals surface area (Å²) in [5, 5.41) is 30.7. The van der Waals surface area contributed by atoms with Gasteiger partial charge >= 0.3 is 0 Å². The molecule has 0 amide bonds. The predicted octanol–water partition coefficient (Wildman–Crippen LogP) is -0.266. The molecule has 0 aliphatic carbocycles. The molecule has 0 atom stereocenters. The van der Waals surface area contributed by atoms with E-state index >= 15 is 0 Å². The smallest absolute Gasteiger partial charge is 0.237 e. The van der Waals surface area contributed by atoms with Crippen molar-refractivity contribution >= 4 is 11.8 Å². The average Bonchev–Trinajstić information content (AvgIpc) is 2.76. The summed E-state index contributed by atoms with van der Waals surface area (Å²) in [5.74, 6) is 1.33. The fourth-order valence-electron chi connectivity index (χ4n) is 0.941. The Hall–Kier alpha value is -1.77. The van der Waals surface area contributed by atoms with Crippen LogP contribution in [0.15, 0.2) is 5.16 Å². The van der Waals surface area contributed by atoms with Crippen LogP contribution in [-0.2, 0) is 6.42 Å². The Labute approximate surface area is 94.9 Å². The van der Waals surface area contributed by atoms with E-state index in [1.54, 1.807) is 6.92 Å². The minimum absolute atomic E-state index is 0.0844. The lowest BCUT2D eigenvalue weighted by atomic mass is 10.5. The van der Waals surface area contributed by atoms with Gasteiger partial charge in [0.1, 0.15) is 11.5 Å². The molecule has 0 aliphatic rings. The highest BCUT2D eigenvalue weighted by Crippen LogP contribution is 2.16. The second-order valence-electron chi connectivity index (χ2n) is 2.95. The number of aryl methyl sites for hydroxylation is 2. The Balaban J connectivity index is 1.87. The van der Waals surface area contributed by atoms with Gasteiger partial charge in [-0.25, -0.2) is 5.10 Å². The monoisotopic (exact) mass is 239 g/mol. The van der Waals surface area contributed by atoms with Gasteiger partial charge in [-0.1, -0.05) is 11.8 Å². The SMILES string of the molecule is Cc1nnc(SCCc2nnn[nH]2)nc1O. The first-order valence-corrected chi connectivity index (χ1v) is 5.50. The number of aromatic nitrogens is 7. The highest BCUT2D eigenvalue weighted by atomic mass is 32.2. The summed E-state index contributed by atoms with van der Waals surface area (Å²) < 4.78 is 0. The van der Waals surface area contributed by atoms with Crippen molar-refractivity contribution in [1.29, 1.82) is 0 Å². The molecule has 0 unspecified atom stereocenters. The van der Waals surface area contributed by atoms with E-state index in [4.69, 9.17) is 0 Å². The third kappa shape index (κ3) is 2.63. The molecule has 0 saturated carbocycles. The maximum atomic E-state index is 9.32. The molecular formula is C7H9N7OS. The first-order chi connectivity index (χ1) is 7.75. The topological polar surface area (TPSA) is 113 Å². The zero-order valence-electron chi connectivity index (χ0n) is 8.45. The van der Waals surface area contributed by atoms with Gasteiger partial charge in [0.2, 0.25) is 11.0 Å². The Kier molecular flexibility index (Phi) is 3.25. The molecule has 0 radical (unpaired) electrons. The summed E-state index contributed by atoms with van der Waals surface area (Å²) in [6.07, 6.45) is 0.676. The molecular weight excluding hydrogens is 230 g/mol. The van der Waals surface area contributed by atoms with Crippen molar-refractivity contribution in [3.63, 3.8) is 0 Å². The van der Waals surface area contributed by atoms with E-state index in [0.717, 1.165) is 0 Å². The van der Waals surface area contributed by atoms with Crippen molar-refractivity contribution in [2.24, 2.45) is 0 Å². The van der Waals surface area contributed by atoms with Crippen LogP contribution >= 0.6 is 11.8 Å². The number of nitrogens with zero attached hydrogens (tertiary/aromatic N) is 6. The Morgan fingerprint density at radius 1 is 1.31 bits per heavy atom. The number of hydrogen-bond donors (Lipinski definition) is 2. The number of aromatic amines is 1. The van der Waals surface area contributed by atoms with Gasteiger partial charge in [-0.2, -0.15) is 4.98 Å². The van der Waals surface area contributed by atoms with E-state index in [1.165, 1.54) is 11.8 Å². The molecule has 9 heteroatoms. The molecule has 0 saturated heterocycles. The quantitative estimate of drug-likeness (QED) is 0.701. The van der Waals surface area contributed by atoms with Crippen molar-refractivity contribution in [2.75, 3.05) is 5.75 Å². The molecule has 0 spiro atoms. The van der Waals surface area contributed by atoms with E-state index in [9.17, 15) is 5.11 Å². The van der Waals surface area contributed by atoms with Gasteiger partial charge in [-0.3, -0.25) is 0 Å². The Bertz CT molecular complexity index is 460. The van der Waals surface area contributed by atoms with Gasteiger partial charge in [-0.05, 0) is 17.4 Å². The Morgan fingerprint density at radius 3 is 2.88 bits per heavy atom. The first-order valence-electron chi connectivity index (χ1n) is 4.51. The number of aromatic hydroxyl groups is 1. The fraction of sp³-hybridized carbons (Fsp3) is 0.429. The number of nitrogens with one attached hydrogen (secondary N) is 1. The summed E-state index contributed by atoms with van der Waals surface area (Å²) in [6.45, 7) is 1.64. The highest BCUT2D eigenvalue weighted by molar-refractivity contribution is 7.99. The number of rotatable bonds is 4. The summed E-state index contributed by atoms with van der Waals surface area (Å²) in [4.78, 5) is 3.87. The van der Waals surface area contributed by atoms with E-state index in [0.29, 0.717) is 28.8 Å². The average molecular weight is 239 g/mol. The Morgan fingerprint density at radius 2 is 2.19 bits per heavy atom. The van der Waals surface area contributed by atoms with Gasteiger partial charge in [0.05, 0.1) is 0 Å². The van der Waals surface area contributed by atoms with Crippen LogP contribution in [0.25, 0.3) is 0 Å². The normalized spacial score (nSPS) is 10.6. The number of tetrazole rings is 1. The van der Waals surface area contributed by atoms with Crippen molar-refractivity contribution in [2.45, 2.75) is 18.5 Å². The second kappa shape index (κ2) is 4.84. The minimum atomic E-state index is -0.0844. The number of H-pyrrole nitrogens is 1. The number of thioether (sulfide) groups is 1. The van der Waals surface area contributed by atoms with Gasteiger partial charge < -0.3 is 5.11 Å². The van der Waals surface area contributed by atoms with Crippen LogP contribution in [0.2, 0.25) is 0 Å². The fourth-order valence-corrected chi connectivity index (χ4v) is 1.67.